The molecule has 0 fully saturated rings. The Balaban J connectivity index is 0.00000192. The Morgan fingerprint density at radius 3 is 2.83 bits per heavy atom. The van der Waals surface area contributed by atoms with Crippen LogP contribution in [-0.2, 0) is 5.41 Å². The van der Waals surface area contributed by atoms with E-state index in [1.54, 1.807) is 12.7 Å². The van der Waals surface area contributed by atoms with Gasteiger partial charge < -0.3 is 28.7 Å². The average Bonchev–Trinajstić information content (AvgIpc) is 2.55. The van der Waals surface area contributed by atoms with E-state index in [2.05, 4.69) is 49.1 Å². The van der Waals surface area contributed by atoms with Crippen LogP contribution in [0.5, 0.6) is 5.75 Å². The highest BCUT2D eigenvalue weighted by Gasteiger charge is 2.47. The summed E-state index contributed by atoms with van der Waals surface area (Å²) in [5.41, 5.74) is 3.13. The van der Waals surface area contributed by atoms with Crippen LogP contribution in [0.25, 0.3) is 0 Å². The van der Waals surface area contributed by atoms with Crippen LogP contribution in [-0.4, -0.2) is 36.6 Å². The van der Waals surface area contributed by atoms with Gasteiger partial charge in [-0.25, -0.2) is 4.58 Å². The maximum atomic E-state index is 5.48. The fourth-order valence-corrected chi connectivity index (χ4v) is 5.00. The van der Waals surface area contributed by atoms with Crippen LogP contribution in [0, 0.1) is 5.92 Å². The molecular formula is C19H26INOS. The fourth-order valence-electron chi connectivity index (χ4n) is 4.10. The zero-order valence-corrected chi connectivity index (χ0v) is 17.4. The first-order valence-electron chi connectivity index (χ1n) is 8.08. The van der Waals surface area contributed by atoms with Crippen molar-refractivity contribution < 1.29 is 33.3 Å². The number of halogens is 1. The average molecular weight is 443 g/mol. The predicted octanol–water partition coefficient (Wildman–Crippen LogP) is 1.10. The highest BCUT2D eigenvalue weighted by Crippen LogP contribution is 2.49. The molecule has 0 saturated heterocycles. The molecule has 0 N–H and O–H groups in total. The number of methoxy groups -OCH3 is 1. The summed E-state index contributed by atoms with van der Waals surface area (Å²) in [4.78, 5) is 0. The smallest absolute Gasteiger partial charge is 0.238 e. The summed E-state index contributed by atoms with van der Waals surface area (Å²) < 4.78 is 7.90. The van der Waals surface area contributed by atoms with Gasteiger partial charge in [0.25, 0.3) is 0 Å². The van der Waals surface area contributed by atoms with Crippen molar-refractivity contribution in [3.63, 3.8) is 0 Å². The standard InChI is InChI=1S/C19H26NOS.HI/c1-14-8-9-17-18(22-4)20(2)11-10-19(17,13-14)15-6-5-7-16(12-15)21-3;/h5-7,9,12,14H,8,10-11,13H2,1-4H3;1H/q+1;/p-1/t14-,19+;/m0./s1. The summed E-state index contributed by atoms with van der Waals surface area (Å²) in [6, 6.07) is 8.72. The highest BCUT2D eigenvalue weighted by molar-refractivity contribution is 8.13. The minimum absolute atomic E-state index is 0. The van der Waals surface area contributed by atoms with Crippen molar-refractivity contribution in [2.45, 2.75) is 31.6 Å². The fraction of sp³-hybridized carbons (Fsp3) is 0.526. The van der Waals surface area contributed by atoms with Crippen LogP contribution < -0.4 is 28.7 Å². The maximum absolute atomic E-state index is 5.48. The number of nitrogens with zero attached hydrogens (tertiary/aromatic N) is 1. The van der Waals surface area contributed by atoms with Crippen molar-refractivity contribution in [3.8, 4) is 5.75 Å². The molecule has 2 nitrogen and oxygen atoms in total. The summed E-state index contributed by atoms with van der Waals surface area (Å²) in [6.07, 6.45) is 8.32. The van der Waals surface area contributed by atoms with Gasteiger partial charge in [-0.3, -0.25) is 0 Å². The largest absolute Gasteiger partial charge is 1.00 e. The molecule has 0 amide bonds. The van der Waals surface area contributed by atoms with E-state index in [4.69, 9.17) is 4.74 Å². The van der Waals surface area contributed by atoms with Crippen LogP contribution in [0.4, 0.5) is 0 Å². The van der Waals surface area contributed by atoms with Crippen LogP contribution in [0.3, 0.4) is 0 Å². The monoisotopic (exact) mass is 443 g/mol. The summed E-state index contributed by atoms with van der Waals surface area (Å²) in [7, 11) is 3.98. The number of thioether (sulfide) groups is 1. The Morgan fingerprint density at radius 1 is 1.35 bits per heavy atom. The van der Waals surface area contributed by atoms with E-state index < -0.39 is 0 Å². The number of rotatable bonds is 2. The van der Waals surface area contributed by atoms with Crippen molar-refractivity contribution in [2.24, 2.45) is 5.92 Å². The molecular weight excluding hydrogens is 417 g/mol. The molecule has 23 heavy (non-hydrogen) atoms. The SMILES string of the molecule is COc1cccc([C@]23CC[N+](C)=C(SC)C2=CC[C@H](C)C3)c1.[I-]. The van der Waals surface area contributed by atoms with Crippen LogP contribution in [0.15, 0.2) is 35.9 Å². The Morgan fingerprint density at radius 2 is 2.13 bits per heavy atom. The molecule has 4 heteroatoms. The Hall–Kier alpha value is -0.490. The third-order valence-electron chi connectivity index (χ3n) is 5.20. The summed E-state index contributed by atoms with van der Waals surface area (Å²) in [5, 5.41) is 1.45. The molecule has 1 aromatic carbocycles. The van der Waals surface area contributed by atoms with Crippen LogP contribution in [0.1, 0.15) is 31.7 Å². The topological polar surface area (TPSA) is 12.2 Å². The van der Waals surface area contributed by atoms with Gasteiger partial charge >= 0.3 is 0 Å². The second-order valence-electron chi connectivity index (χ2n) is 6.66. The van der Waals surface area contributed by atoms with Gasteiger partial charge in [0.15, 0.2) is 0 Å². The van der Waals surface area contributed by atoms with Gasteiger partial charge in [-0.2, -0.15) is 0 Å². The number of fused-ring (bicyclic) bond motifs is 1. The normalized spacial score (nSPS) is 27.0. The number of allylic oxidation sites excluding steroid dienone is 1. The Kier molecular flexibility index (Phi) is 6.22. The first-order chi connectivity index (χ1) is 10.6. The first kappa shape index (κ1) is 18.8. The maximum Gasteiger partial charge on any atom is 0.238 e. The van der Waals surface area contributed by atoms with E-state index in [0.29, 0.717) is 0 Å². The van der Waals surface area contributed by atoms with Crippen molar-refractivity contribution in [1.29, 1.82) is 0 Å². The predicted molar refractivity (Wildman–Crippen MR) is 95.3 cm³/mol. The van der Waals surface area contributed by atoms with E-state index >= 15 is 0 Å². The lowest BCUT2D eigenvalue weighted by Gasteiger charge is -2.42. The molecule has 0 bridgehead atoms. The van der Waals surface area contributed by atoms with Crippen LogP contribution in [0.2, 0.25) is 0 Å². The molecule has 1 aliphatic heterocycles. The van der Waals surface area contributed by atoms with E-state index in [1.165, 1.54) is 29.9 Å². The van der Waals surface area contributed by atoms with Gasteiger partial charge in [0.1, 0.15) is 19.3 Å². The second-order valence-corrected chi connectivity index (χ2v) is 7.45. The van der Waals surface area contributed by atoms with Crippen LogP contribution >= 0.6 is 11.8 Å². The molecule has 0 aromatic heterocycles. The summed E-state index contributed by atoms with van der Waals surface area (Å²) >= 11 is 1.89. The van der Waals surface area contributed by atoms with Crippen molar-refractivity contribution >= 4 is 16.8 Å². The lowest BCUT2D eigenvalue weighted by atomic mass is 9.62. The minimum atomic E-state index is 0. The zero-order valence-electron chi connectivity index (χ0n) is 14.4. The van der Waals surface area contributed by atoms with Gasteiger partial charge in [-0.15, -0.1) is 0 Å². The third-order valence-corrected chi connectivity index (χ3v) is 6.12. The van der Waals surface area contributed by atoms with E-state index in [0.717, 1.165) is 18.2 Å². The number of benzene rings is 1. The number of hydrogen-bond acceptors (Lipinski definition) is 2. The van der Waals surface area contributed by atoms with Gasteiger partial charge in [-0.1, -0.05) is 36.9 Å². The van der Waals surface area contributed by atoms with Crippen molar-refractivity contribution in [2.75, 3.05) is 27.0 Å². The first-order valence-corrected chi connectivity index (χ1v) is 9.31. The molecule has 3 rings (SSSR count). The quantitative estimate of drug-likeness (QED) is 0.502. The molecule has 1 heterocycles. The van der Waals surface area contributed by atoms with Gasteiger partial charge in [-0.05, 0) is 42.7 Å². The molecule has 2 aliphatic rings. The molecule has 1 aliphatic carbocycles. The zero-order chi connectivity index (χ0) is 15.7. The molecule has 1 aromatic rings. The van der Waals surface area contributed by atoms with Crippen molar-refractivity contribution in [1.82, 2.24) is 0 Å². The molecule has 0 saturated carbocycles. The van der Waals surface area contributed by atoms with E-state index in [-0.39, 0.29) is 29.4 Å². The summed E-state index contributed by atoms with van der Waals surface area (Å²) in [6.45, 7) is 3.50. The molecule has 0 unspecified atom stereocenters. The Bertz CT molecular complexity index is 640. The van der Waals surface area contributed by atoms with E-state index in [1.807, 2.05) is 17.8 Å². The molecule has 2 atom stereocenters. The summed E-state index contributed by atoms with van der Waals surface area (Å²) in [5.74, 6) is 1.70. The number of ether oxygens (including phenoxy) is 1. The van der Waals surface area contributed by atoms with Crippen molar-refractivity contribution in [3.05, 3.63) is 41.5 Å². The lowest BCUT2D eigenvalue weighted by Crippen LogP contribution is -3.00. The highest BCUT2D eigenvalue weighted by atomic mass is 127. The third kappa shape index (κ3) is 3.34. The lowest BCUT2D eigenvalue weighted by molar-refractivity contribution is -0.499. The molecule has 0 radical (unpaired) electrons. The van der Waals surface area contributed by atoms with Gasteiger partial charge in [0.2, 0.25) is 5.04 Å². The minimum Gasteiger partial charge on any atom is -1.00 e. The molecule has 0 spiro atoms. The van der Waals surface area contributed by atoms with E-state index in [9.17, 15) is 0 Å². The number of hydrogen-bond donors (Lipinski definition) is 0. The van der Waals surface area contributed by atoms with Gasteiger partial charge in [0.05, 0.1) is 7.11 Å². The Labute approximate surface area is 161 Å². The second kappa shape index (κ2) is 7.60. The molecule has 126 valence electrons. The van der Waals surface area contributed by atoms with Gasteiger partial charge in [0, 0.05) is 17.4 Å².